The van der Waals surface area contributed by atoms with E-state index in [2.05, 4.69) is 5.32 Å². The molecule has 0 fully saturated rings. The molecule has 0 bridgehead atoms. The SMILES string of the molecule is CN(C)C(CNC(=O)c1cc(Cl)ccc1O)c1cccs1. The van der Waals surface area contributed by atoms with E-state index in [1.165, 1.54) is 17.0 Å². The second-order valence-electron chi connectivity index (χ2n) is 4.87. The Bertz CT molecular complexity index is 614. The van der Waals surface area contributed by atoms with Gasteiger partial charge in [0, 0.05) is 16.4 Å². The number of hydrogen-bond acceptors (Lipinski definition) is 4. The van der Waals surface area contributed by atoms with Crippen LogP contribution in [-0.2, 0) is 0 Å². The number of likely N-dealkylation sites (N-methyl/N-ethyl adjacent to an activating group) is 1. The first-order chi connectivity index (χ1) is 9.99. The number of carbonyl (C=O) groups is 1. The molecule has 1 unspecified atom stereocenters. The molecule has 21 heavy (non-hydrogen) atoms. The van der Waals surface area contributed by atoms with Crippen LogP contribution in [0.3, 0.4) is 0 Å². The van der Waals surface area contributed by atoms with Crippen molar-refractivity contribution in [2.24, 2.45) is 0 Å². The first-order valence-corrected chi connectivity index (χ1v) is 7.71. The summed E-state index contributed by atoms with van der Waals surface area (Å²) in [5.74, 6) is -0.409. The monoisotopic (exact) mass is 324 g/mol. The fourth-order valence-electron chi connectivity index (χ4n) is 1.99. The molecule has 0 aliphatic heterocycles. The highest BCUT2D eigenvalue weighted by molar-refractivity contribution is 7.10. The largest absolute Gasteiger partial charge is 0.507 e. The number of nitrogens with one attached hydrogen (secondary N) is 1. The normalized spacial score (nSPS) is 12.4. The molecule has 2 N–H and O–H groups in total. The van der Waals surface area contributed by atoms with Gasteiger partial charge >= 0.3 is 0 Å². The van der Waals surface area contributed by atoms with E-state index in [1.54, 1.807) is 17.4 Å². The summed E-state index contributed by atoms with van der Waals surface area (Å²) >= 11 is 7.51. The average Bonchev–Trinajstić information content (AvgIpc) is 2.95. The van der Waals surface area contributed by atoms with Gasteiger partial charge in [0.2, 0.25) is 0 Å². The third kappa shape index (κ3) is 3.97. The van der Waals surface area contributed by atoms with Gasteiger partial charge in [-0.2, -0.15) is 0 Å². The second-order valence-corrected chi connectivity index (χ2v) is 6.28. The van der Waals surface area contributed by atoms with Crippen molar-refractivity contribution in [2.75, 3.05) is 20.6 Å². The summed E-state index contributed by atoms with van der Waals surface area (Å²) in [6.07, 6.45) is 0. The molecule has 2 rings (SSSR count). The lowest BCUT2D eigenvalue weighted by Crippen LogP contribution is -2.34. The maximum atomic E-state index is 12.2. The van der Waals surface area contributed by atoms with E-state index < -0.39 is 0 Å². The number of aromatic hydroxyl groups is 1. The number of nitrogens with zero attached hydrogens (tertiary/aromatic N) is 1. The van der Waals surface area contributed by atoms with Gasteiger partial charge in [0.1, 0.15) is 5.75 Å². The summed E-state index contributed by atoms with van der Waals surface area (Å²) in [6, 6.07) is 8.54. The number of halogens is 1. The second kappa shape index (κ2) is 6.93. The van der Waals surface area contributed by atoms with Crippen molar-refractivity contribution < 1.29 is 9.90 Å². The first kappa shape index (κ1) is 15.8. The van der Waals surface area contributed by atoms with E-state index in [9.17, 15) is 9.90 Å². The average molecular weight is 325 g/mol. The van der Waals surface area contributed by atoms with Crippen LogP contribution < -0.4 is 5.32 Å². The lowest BCUT2D eigenvalue weighted by molar-refractivity contribution is 0.0939. The van der Waals surface area contributed by atoms with Crippen molar-refractivity contribution in [1.82, 2.24) is 10.2 Å². The van der Waals surface area contributed by atoms with Crippen molar-refractivity contribution in [2.45, 2.75) is 6.04 Å². The van der Waals surface area contributed by atoms with Crippen molar-refractivity contribution in [3.63, 3.8) is 0 Å². The van der Waals surface area contributed by atoms with Gasteiger partial charge in [-0.05, 0) is 43.7 Å². The van der Waals surface area contributed by atoms with Crippen LogP contribution in [0, 0.1) is 0 Å². The summed E-state index contributed by atoms with van der Waals surface area (Å²) in [5, 5.41) is 15.0. The summed E-state index contributed by atoms with van der Waals surface area (Å²) in [7, 11) is 3.93. The molecule has 0 spiro atoms. The number of phenolic OH excluding ortho intramolecular Hbond substituents is 1. The number of hydrogen-bond donors (Lipinski definition) is 2. The Hall–Kier alpha value is -1.56. The summed E-state index contributed by atoms with van der Waals surface area (Å²) in [5.41, 5.74) is 0.186. The molecule has 2 aromatic rings. The van der Waals surface area contributed by atoms with Crippen LogP contribution in [0.4, 0.5) is 0 Å². The van der Waals surface area contributed by atoms with Crippen molar-refractivity contribution in [1.29, 1.82) is 0 Å². The fraction of sp³-hybridized carbons (Fsp3) is 0.267. The lowest BCUT2D eigenvalue weighted by atomic mass is 10.1. The molecular weight excluding hydrogens is 308 g/mol. The number of rotatable bonds is 5. The predicted octanol–water partition coefficient (Wildman–Crippen LogP) is 3.14. The Labute approximate surface area is 133 Å². The molecule has 0 aliphatic carbocycles. The zero-order valence-electron chi connectivity index (χ0n) is 11.8. The van der Waals surface area contributed by atoms with Gasteiger partial charge in [0.25, 0.3) is 5.91 Å². The number of amides is 1. The van der Waals surface area contributed by atoms with Gasteiger partial charge in [-0.25, -0.2) is 0 Å². The molecule has 0 saturated heterocycles. The van der Waals surface area contributed by atoms with E-state index in [-0.39, 0.29) is 23.3 Å². The summed E-state index contributed by atoms with van der Waals surface area (Å²) in [6.45, 7) is 0.457. The molecule has 1 heterocycles. The van der Waals surface area contributed by atoms with Gasteiger partial charge in [-0.1, -0.05) is 17.7 Å². The third-order valence-corrected chi connectivity index (χ3v) is 4.36. The van der Waals surface area contributed by atoms with E-state index in [1.807, 2.05) is 36.5 Å². The van der Waals surface area contributed by atoms with Gasteiger partial charge in [0.15, 0.2) is 0 Å². The maximum absolute atomic E-state index is 12.2. The molecular formula is C15H17ClN2O2S. The van der Waals surface area contributed by atoms with Crippen molar-refractivity contribution in [3.05, 3.63) is 51.2 Å². The smallest absolute Gasteiger partial charge is 0.255 e. The predicted molar refractivity (Wildman–Crippen MR) is 86.2 cm³/mol. The molecule has 112 valence electrons. The standard InChI is InChI=1S/C15H17ClN2O2S/c1-18(2)12(14-4-3-7-21-14)9-17-15(20)11-8-10(16)5-6-13(11)19/h3-8,12,19H,9H2,1-2H3,(H,17,20). The molecule has 0 radical (unpaired) electrons. The quantitative estimate of drug-likeness (QED) is 0.888. The Morgan fingerprint density at radius 2 is 2.19 bits per heavy atom. The highest BCUT2D eigenvalue weighted by atomic mass is 35.5. The van der Waals surface area contributed by atoms with Crippen molar-refractivity contribution >= 4 is 28.8 Å². The molecule has 1 aromatic carbocycles. The van der Waals surface area contributed by atoms with E-state index >= 15 is 0 Å². The Balaban J connectivity index is 2.07. The van der Waals surface area contributed by atoms with Crippen molar-refractivity contribution in [3.8, 4) is 5.75 Å². The van der Waals surface area contributed by atoms with Crippen LogP contribution in [0.5, 0.6) is 5.75 Å². The summed E-state index contributed by atoms with van der Waals surface area (Å²) < 4.78 is 0. The van der Waals surface area contributed by atoms with Gasteiger partial charge in [-0.15, -0.1) is 11.3 Å². The topological polar surface area (TPSA) is 52.6 Å². The highest BCUT2D eigenvalue weighted by Gasteiger charge is 2.18. The lowest BCUT2D eigenvalue weighted by Gasteiger charge is -2.23. The van der Waals surface area contributed by atoms with E-state index in [0.29, 0.717) is 11.6 Å². The Morgan fingerprint density at radius 3 is 2.81 bits per heavy atom. The van der Waals surface area contributed by atoms with Gasteiger partial charge in [0.05, 0.1) is 11.6 Å². The molecule has 0 aliphatic rings. The minimum atomic E-state index is -0.335. The van der Waals surface area contributed by atoms with Crippen LogP contribution in [0.15, 0.2) is 35.7 Å². The third-order valence-electron chi connectivity index (χ3n) is 3.15. The van der Waals surface area contributed by atoms with Crippen LogP contribution in [0.1, 0.15) is 21.3 Å². The molecule has 0 saturated carbocycles. The minimum Gasteiger partial charge on any atom is -0.507 e. The zero-order valence-corrected chi connectivity index (χ0v) is 13.4. The Kier molecular flexibility index (Phi) is 5.22. The molecule has 1 aromatic heterocycles. The molecule has 4 nitrogen and oxygen atoms in total. The first-order valence-electron chi connectivity index (χ1n) is 6.45. The van der Waals surface area contributed by atoms with Crippen LogP contribution >= 0.6 is 22.9 Å². The minimum absolute atomic E-state index is 0.0746. The van der Waals surface area contributed by atoms with Crippen LogP contribution in [0.25, 0.3) is 0 Å². The highest BCUT2D eigenvalue weighted by Crippen LogP contribution is 2.24. The van der Waals surface area contributed by atoms with Gasteiger partial charge in [-0.3, -0.25) is 4.79 Å². The fourth-order valence-corrected chi connectivity index (χ4v) is 3.09. The van der Waals surface area contributed by atoms with E-state index in [4.69, 9.17) is 11.6 Å². The Morgan fingerprint density at radius 1 is 1.43 bits per heavy atom. The van der Waals surface area contributed by atoms with Gasteiger partial charge < -0.3 is 15.3 Å². The summed E-state index contributed by atoms with van der Waals surface area (Å²) in [4.78, 5) is 15.4. The van der Waals surface area contributed by atoms with Crippen LogP contribution in [0.2, 0.25) is 5.02 Å². The number of carbonyl (C=O) groups excluding carboxylic acids is 1. The molecule has 1 atom stereocenters. The van der Waals surface area contributed by atoms with E-state index in [0.717, 1.165) is 0 Å². The number of thiophene rings is 1. The zero-order chi connectivity index (χ0) is 15.4. The molecule has 1 amide bonds. The number of phenols is 1. The number of benzene rings is 1. The van der Waals surface area contributed by atoms with Crippen LogP contribution in [-0.4, -0.2) is 36.6 Å². The maximum Gasteiger partial charge on any atom is 0.255 e. The molecule has 6 heteroatoms.